The number of amides is 1. The molecule has 1 aromatic carbocycles. The molecule has 1 atom stereocenters. The summed E-state index contributed by atoms with van der Waals surface area (Å²) in [5.41, 5.74) is 0.895. The molecule has 0 fully saturated rings. The first kappa shape index (κ1) is 16.5. The molecule has 106 valence electrons. The van der Waals surface area contributed by atoms with Crippen LogP contribution in [0.5, 0.6) is 0 Å². The summed E-state index contributed by atoms with van der Waals surface area (Å²) in [7, 11) is 2.45. The first-order valence-electron chi connectivity index (χ1n) is 5.89. The van der Waals surface area contributed by atoms with Crippen LogP contribution in [-0.2, 0) is 21.3 Å². The van der Waals surface area contributed by atoms with Crippen LogP contribution in [0.1, 0.15) is 18.4 Å². The lowest BCUT2D eigenvalue weighted by molar-refractivity contribution is -0.128. The fraction of sp³-hybridized carbons (Fsp3) is 0.462. The monoisotopic (exact) mass is 321 g/mol. The van der Waals surface area contributed by atoms with Crippen LogP contribution in [-0.4, -0.2) is 34.9 Å². The van der Waals surface area contributed by atoms with E-state index in [4.69, 9.17) is 23.2 Å². The van der Waals surface area contributed by atoms with Crippen molar-refractivity contribution >= 4 is 39.9 Å². The molecule has 0 bridgehead atoms. The number of nitrogens with zero attached hydrogens (tertiary/aromatic N) is 1. The van der Waals surface area contributed by atoms with Gasteiger partial charge in [-0.05, 0) is 24.1 Å². The van der Waals surface area contributed by atoms with Crippen molar-refractivity contribution in [3.63, 3.8) is 0 Å². The lowest BCUT2D eigenvalue weighted by Gasteiger charge is -2.09. The SMILES string of the molecule is CN(C)C(=O)CCCS(=O)Cc1ccc(Cl)c(Cl)c1. The average Bonchev–Trinajstić information content (AvgIpc) is 2.33. The number of hydrogen-bond donors (Lipinski definition) is 0. The molecule has 0 aliphatic heterocycles. The van der Waals surface area contributed by atoms with E-state index in [0.29, 0.717) is 34.4 Å². The maximum atomic E-state index is 11.9. The van der Waals surface area contributed by atoms with Crippen LogP contribution >= 0.6 is 23.2 Å². The van der Waals surface area contributed by atoms with E-state index in [0.717, 1.165) is 5.56 Å². The van der Waals surface area contributed by atoms with Crippen molar-refractivity contribution in [3.8, 4) is 0 Å². The molecule has 1 aromatic rings. The third kappa shape index (κ3) is 5.93. The summed E-state index contributed by atoms with van der Waals surface area (Å²) in [4.78, 5) is 12.9. The second-order valence-corrected chi connectivity index (χ2v) is 6.82. The van der Waals surface area contributed by atoms with Gasteiger partial charge >= 0.3 is 0 Å². The predicted molar refractivity (Wildman–Crippen MR) is 81.1 cm³/mol. The molecule has 0 spiro atoms. The van der Waals surface area contributed by atoms with E-state index >= 15 is 0 Å². The maximum absolute atomic E-state index is 11.9. The molecule has 0 aliphatic rings. The second-order valence-electron chi connectivity index (χ2n) is 4.43. The van der Waals surface area contributed by atoms with Crippen molar-refractivity contribution < 1.29 is 9.00 Å². The molecule has 1 rings (SSSR count). The van der Waals surface area contributed by atoms with Crippen molar-refractivity contribution in [2.24, 2.45) is 0 Å². The van der Waals surface area contributed by atoms with Gasteiger partial charge in [0.2, 0.25) is 5.91 Å². The zero-order valence-electron chi connectivity index (χ0n) is 11.0. The van der Waals surface area contributed by atoms with Gasteiger partial charge in [0.05, 0.1) is 10.0 Å². The van der Waals surface area contributed by atoms with Crippen molar-refractivity contribution in [1.82, 2.24) is 4.90 Å². The van der Waals surface area contributed by atoms with Gasteiger partial charge in [0.15, 0.2) is 0 Å². The van der Waals surface area contributed by atoms with Crippen LogP contribution in [0.3, 0.4) is 0 Å². The largest absolute Gasteiger partial charge is 0.349 e. The highest BCUT2D eigenvalue weighted by Crippen LogP contribution is 2.23. The summed E-state index contributed by atoms with van der Waals surface area (Å²) >= 11 is 11.7. The first-order chi connectivity index (χ1) is 8.90. The van der Waals surface area contributed by atoms with E-state index in [1.165, 1.54) is 0 Å². The summed E-state index contributed by atoms with van der Waals surface area (Å²) in [6.07, 6.45) is 1.06. The molecule has 1 amide bonds. The lowest BCUT2D eigenvalue weighted by Crippen LogP contribution is -2.21. The number of carbonyl (C=O) groups is 1. The van der Waals surface area contributed by atoms with E-state index in [1.54, 1.807) is 31.1 Å². The smallest absolute Gasteiger partial charge is 0.222 e. The maximum Gasteiger partial charge on any atom is 0.222 e. The van der Waals surface area contributed by atoms with E-state index in [9.17, 15) is 9.00 Å². The highest BCUT2D eigenvalue weighted by molar-refractivity contribution is 7.84. The van der Waals surface area contributed by atoms with E-state index < -0.39 is 10.8 Å². The molecular weight excluding hydrogens is 305 g/mol. The number of rotatable bonds is 6. The Balaban J connectivity index is 2.39. The van der Waals surface area contributed by atoms with E-state index in [-0.39, 0.29) is 5.91 Å². The van der Waals surface area contributed by atoms with Gasteiger partial charge in [-0.25, -0.2) is 0 Å². The Morgan fingerprint density at radius 1 is 1.26 bits per heavy atom. The van der Waals surface area contributed by atoms with Gasteiger partial charge in [-0.3, -0.25) is 9.00 Å². The number of halogens is 2. The standard InChI is InChI=1S/C13H17Cl2NO2S/c1-16(2)13(17)4-3-7-19(18)9-10-5-6-11(14)12(15)8-10/h5-6,8H,3-4,7,9H2,1-2H3. The third-order valence-electron chi connectivity index (χ3n) is 2.57. The zero-order chi connectivity index (χ0) is 14.4. The molecule has 0 saturated heterocycles. The molecular formula is C13H17Cl2NO2S. The van der Waals surface area contributed by atoms with Gasteiger partial charge in [0, 0.05) is 42.8 Å². The van der Waals surface area contributed by atoms with Gasteiger partial charge in [0.1, 0.15) is 0 Å². The van der Waals surface area contributed by atoms with Crippen LogP contribution in [0.15, 0.2) is 18.2 Å². The number of hydrogen-bond acceptors (Lipinski definition) is 2. The van der Waals surface area contributed by atoms with Crippen molar-refractivity contribution in [3.05, 3.63) is 33.8 Å². The van der Waals surface area contributed by atoms with E-state index in [2.05, 4.69) is 0 Å². The highest BCUT2D eigenvalue weighted by atomic mass is 35.5. The molecule has 0 aliphatic carbocycles. The minimum absolute atomic E-state index is 0.0616. The third-order valence-corrected chi connectivity index (χ3v) is 4.71. The highest BCUT2D eigenvalue weighted by Gasteiger charge is 2.07. The van der Waals surface area contributed by atoms with Gasteiger partial charge in [0.25, 0.3) is 0 Å². The Morgan fingerprint density at radius 2 is 1.95 bits per heavy atom. The van der Waals surface area contributed by atoms with Gasteiger partial charge in [-0.1, -0.05) is 29.3 Å². The molecule has 6 heteroatoms. The van der Waals surface area contributed by atoms with Crippen LogP contribution in [0.2, 0.25) is 10.0 Å². The van der Waals surface area contributed by atoms with Gasteiger partial charge < -0.3 is 4.90 Å². The molecule has 0 heterocycles. The molecule has 1 unspecified atom stereocenters. The van der Waals surface area contributed by atoms with Crippen LogP contribution in [0.25, 0.3) is 0 Å². The molecule has 0 radical (unpaired) electrons. The summed E-state index contributed by atoms with van der Waals surface area (Å²) in [6, 6.07) is 5.25. The molecule has 19 heavy (non-hydrogen) atoms. The molecule has 0 aromatic heterocycles. The topological polar surface area (TPSA) is 37.4 Å². The van der Waals surface area contributed by atoms with E-state index in [1.807, 2.05) is 6.07 Å². The summed E-state index contributed by atoms with van der Waals surface area (Å²) in [5.74, 6) is 1.01. The van der Waals surface area contributed by atoms with Crippen molar-refractivity contribution in [2.75, 3.05) is 19.8 Å². The molecule has 0 saturated carbocycles. The Labute approximate surface area is 126 Å². The Kier molecular flexibility index (Phi) is 6.83. The lowest BCUT2D eigenvalue weighted by atomic mass is 10.2. The van der Waals surface area contributed by atoms with Crippen LogP contribution in [0, 0.1) is 0 Å². The van der Waals surface area contributed by atoms with Crippen LogP contribution in [0.4, 0.5) is 0 Å². The summed E-state index contributed by atoms with van der Waals surface area (Å²) in [6.45, 7) is 0. The Morgan fingerprint density at radius 3 is 2.53 bits per heavy atom. The predicted octanol–water partition coefficient (Wildman–Crippen LogP) is 3.11. The Hall–Kier alpha value is -0.580. The molecule has 0 N–H and O–H groups in total. The first-order valence-corrected chi connectivity index (χ1v) is 8.13. The normalized spacial score (nSPS) is 12.2. The second kappa shape index (κ2) is 7.88. The summed E-state index contributed by atoms with van der Waals surface area (Å²) < 4.78 is 11.9. The zero-order valence-corrected chi connectivity index (χ0v) is 13.3. The fourth-order valence-corrected chi connectivity index (χ4v) is 2.98. The van der Waals surface area contributed by atoms with Crippen LogP contribution < -0.4 is 0 Å². The minimum Gasteiger partial charge on any atom is -0.349 e. The number of benzene rings is 1. The van der Waals surface area contributed by atoms with Crippen molar-refractivity contribution in [2.45, 2.75) is 18.6 Å². The van der Waals surface area contributed by atoms with Gasteiger partial charge in [-0.2, -0.15) is 0 Å². The average molecular weight is 322 g/mol. The van der Waals surface area contributed by atoms with Gasteiger partial charge in [-0.15, -0.1) is 0 Å². The minimum atomic E-state index is -0.988. The van der Waals surface area contributed by atoms with Crippen molar-refractivity contribution in [1.29, 1.82) is 0 Å². The quantitative estimate of drug-likeness (QED) is 0.807. The Bertz CT molecular complexity index is 478. The number of carbonyl (C=O) groups excluding carboxylic acids is 1. The fourth-order valence-electron chi connectivity index (χ4n) is 1.50. The summed E-state index contributed by atoms with van der Waals surface area (Å²) in [5, 5.41) is 0.965. The molecule has 3 nitrogen and oxygen atoms in total.